The number of carbonyl (C=O) groups excluding carboxylic acids is 1. The Bertz CT molecular complexity index is 1160. The summed E-state index contributed by atoms with van der Waals surface area (Å²) in [4.78, 5) is 13.3. The zero-order chi connectivity index (χ0) is 23.5. The number of nitrogens with one attached hydrogen (secondary N) is 1. The van der Waals surface area contributed by atoms with E-state index < -0.39 is 25.8 Å². The first-order chi connectivity index (χ1) is 15.0. The van der Waals surface area contributed by atoms with Crippen LogP contribution in [-0.4, -0.2) is 46.4 Å². The van der Waals surface area contributed by atoms with Crippen LogP contribution >= 0.6 is 11.6 Å². The van der Waals surface area contributed by atoms with Gasteiger partial charge in [0.2, 0.25) is 15.9 Å². The van der Waals surface area contributed by atoms with Crippen LogP contribution in [0.5, 0.6) is 0 Å². The molecule has 1 heterocycles. The number of hydrogen-bond donors (Lipinski definition) is 1. The van der Waals surface area contributed by atoms with Crippen LogP contribution < -0.4 is 5.32 Å². The molecule has 1 aliphatic heterocycles. The third-order valence-corrected chi connectivity index (χ3v) is 8.90. The van der Waals surface area contributed by atoms with Crippen molar-refractivity contribution in [2.24, 2.45) is 5.92 Å². The van der Waals surface area contributed by atoms with E-state index in [1.807, 2.05) is 6.92 Å². The summed E-state index contributed by atoms with van der Waals surface area (Å²) >= 11 is 5.86. The number of carbonyl (C=O) groups is 1. The second kappa shape index (κ2) is 9.91. The average Bonchev–Trinajstić information content (AvgIpc) is 2.77. The number of sulfonamides is 1. The van der Waals surface area contributed by atoms with E-state index in [2.05, 4.69) is 5.32 Å². The molecule has 7 nitrogen and oxygen atoms in total. The van der Waals surface area contributed by atoms with Crippen LogP contribution in [0.15, 0.2) is 58.3 Å². The zero-order valence-corrected chi connectivity index (χ0v) is 20.4. The van der Waals surface area contributed by atoms with Crippen molar-refractivity contribution in [3.63, 3.8) is 0 Å². The summed E-state index contributed by atoms with van der Waals surface area (Å²) in [5.41, 5.74) is 0.801. The maximum Gasteiger partial charge on any atom is 0.243 e. The van der Waals surface area contributed by atoms with Crippen molar-refractivity contribution in [2.75, 3.05) is 19.3 Å². The molecule has 0 spiro atoms. The Morgan fingerprint density at radius 3 is 2.22 bits per heavy atom. The molecule has 3 rings (SSSR count). The molecule has 0 saturated carbocycles. The van der Waals surface area contributed by atoms with Crippen LogP contribution in [0.25, 0.3) is 0 Å². The number of nitrogens with zero attached hydrogens (tertiary/aromatic N) is 1. The average molecular weight is 499 g/mol. The van der Waals surface area contributed by atoms with Crippen molar-refractivity contribution >= 4 is 37.4 Å². The quantitative estimate of drug-likeness (QED) is 0.630. The SMILES string of the molecule is CC[C@@H](NC(=O)[C@H]1CCCN(S(=O)(=O)c2ccc(Cl)cc2)C1)c1ccc(S(C)(=O)=O)cc1. The van der Waals surface area contributed by atoms with Gasteiger partial charge < -0.3 is 5.32 Å². The van der Waals surface area contributed by atoms with Crippen LogP contribution in [0.3, 0.4) is 0 Å². The van der Waals surface area contributed by atoms with Crippen LogP contribution in [0.1, 0.15) is 37.8 Å². The molecule has 0 aromatic heterocycles. The summed E-state index contributed by atoms with van der Waals surface area (Å²) in [6, 6.07) is 12.2. The molecule has 2 atom stereocenters. The molecule has 1 amide bonds. The highest BCUT2D eigenvalue weighted by atomic mass is 35.5. The van der Waals surface area contributed by atoms with E-state index in [1.165, 1.54) is 40.7 Å². The largest absolute Gasteiger partial charge is 0.349 e. The molecular formula is C22H27ClN2O5S2. The number of benzene rings is 2. The van der Waals surface area contributed by atoms with Crippen LogP contribution in [0.2, 0.25) is 5.02 Å². The molecule has 10 heteroatoms. The highest BCUT2D eigenvalue weighted by Crippen LogP contribution is 2.26. The van der Waals surface area contributed by atoms with Crippen molar-refractivity contribution in [3.05, 3.63) is 59.1 Å². The Morgan fingerprint density at radius 1 is 1.06 bits per heavy atom. The first kappa shape index (κ1) is 24.7. The number of sulfone groups is 1. The zero-order valence-electron chi connectivity index (χ0n) is 18.0. The summed E-state index contributed by atoms with van der Waals surface area (Å²) in [5.74, 6) is -0.671. The van der Waals surface area contributed by atoms with Gasteiger partial charge in [-0.2, -0.15) is 4.31 Å². The van der Waals surface area contributed by atoms with Crippen molar-refractivity contribution in [1.82, 2.24) is 9.62 Å². The van der Waals surface area contributed by atoms with Gasteiger partial charge in [-0.05, 0) is 61.2 Å². The molecule has 1 saturated heterocycles. The molecule has 2 aromatic rings. The van der Waals surface area contributed by atoms with Gasteiger partial charge in [-0.1, -0.05) is 30.7 Å². The Hall–Kier alpha value is -1.94. The molecule has 1 fully saturated rings. The molecule has 0 aliphatic carbocycles. The number of rotatable bonds is 7. The molecular weight excluding hydrogens is 472 g/mol. The number of hydrogen-bond acceptors (Lipinski definition) is 5. The standard InChI is InChI=1S/C22H27ClN2O5S2/c1-3-21(16-6-10-19(11-7-16)31(2,27)28)24-22(26)17-5-4-14-25(15-17)32(29,30)20-12-8-18(23)9-13-20/h6-13,17,21H,3-5,14-15H2,1-2H3,(H,24,26)/t17-,21+/m0/s1. The fourth-order valence-corrected chi connectivity index (χ4v) is 6.07. The van der Waals surface area contributed by atoms with Gasteiger partial charge in [0.1, 0.15) is 0 Å². The van der Waals surface area contributed by atoms with Gasteiger partial charge in [-0.25, -0.2) is 16.8 Å². The Kier molecular flexibility index (Phi) is 7.65. The number of halogens is 1. The Balaban J connectivity index is 1.70. The van der Waals surface area contributed by atoms with E-state index in [0.29, 0.717) is 30.8 Å². The normalized spacial score (nSPS) is 18.8. The van der Waals surface area contributed by atoms with E-state index in [1.54, 1.807) is 12.1 Å². The molecule has 0 bridgehead atoms. The minimum Gasteiger partial charge on any atom is -0.349 e. The van der Waals surface area contributed by atoms with Crippen molar-refractivity contribution in [3.8, 4) is 0 Å². The van der Waals surface area contributed by atoms with Crippen molar-refractivity contribution in [2.45, 2.75) is 42.0 Å². The lowest BCUT2D eigenvalue weighted by Crippen LogP contribution is -2.46. The maximum atomic E-state index is 13.0. The molecule has 2 aromatic carbocycles. The van der Waals surface area contributed by atoms with E-state index in [0.717, 1.165) is 11.8 Å². The monoisotopic (exact) mass is 498 g/mol. The molecule has 32 heavy (non-hydrogen) atoms. The Labute approximate surface area is 194 Å². The summed E-state index contributed by atoms with van der Waals surface area (Å²) in [5, 5.41) is 3.46. The number of amides is 1. The van der Waals surface area contributed by atoms with Gasteiger partial charge >= 0.3 is 0 Å². The summed E-state index contributed by atoms with van der Waals surface area (Å²) in [7, 11) is -7.01. The first-order valence-electron chi connectivity index (χ1n) is 10.4. The summed E-state index contributed by atoms with van der Waals surface area (Å²) < 4.78 is 50.7. The van der Waals surface area contributed by atoms with Gasteiger partial charge in [-0.3, -0.25) is 4.79 Å². The first-order valence-corrected chi connectivity index (χ1v) is 14.1. The van der Waals surface area contributed by atoms with E-state index in [9.17, 15) is 21.6 Å². The second-order valence-corrected chi connectivity index (χ2v) is 12.4. The van der Waals surface area contributed by atoms with E-state index in [4.69, 9.17) is 11.6 Å². The maximum absolute atomic E-state index is 13.0. The van der Waals surface area contributed by atoms with Gasteiger partial charge in [0, 0.05) is 24.4 Å². The van der Waals surface area contributed by atoms with Gasteiger partial charge in [0.15, 0.2) is 9.84 Å². The Morgan fingerprint density at radius 2 is 1.66 bits per heavy atom. The van der Waals surface area contributed by atoms with E-state index in [-0.39, 0.29) is 28.3 Å². The molecule has 0 radical (unpaired) electrons. The second-order valence-electron chi connectivity index (χ2n) is 7.97. The summed E-state index contributed by atoms with van der Waals surface area (Å²) in [6.45, 7) is 2.40. The molecule has 0 unspecified atom stereocenters. The highest BCUT2D eigenvalue weighted by Gasteiger charge is 2.34. The van der Waals surface area contributed by atoms with Gasteiger partial charge in [-0.15, -0.1) is 0 Å². The summed E-state index contributed by atoms with van der Waals surface area (Å²) in [6.07, 6.45) is 2.95. The highest BCUT2D eigenvalue weighted by molar-refractivity contribution is 7.90. The third-order valence-electron chi connectivity index (χ3n) is 5.64. The molecule has 1 aliphatic rings. The lowest BCUT2D eigenvalue weighted by Gasteiger charge is -2.32. The van der Waals surface area contributed by atoms with Crippen LogP contribution in [0, 0.1) is 5.92 Å². The van der Waals surface area contributed by atoms with Gasteiger partial charge in [0.05, 0.1) is 21.8 Å². The predicted octanol–water partition coefficient (Wildman–Crippen LogP) is 3.41. The molecule has 1 N–H and O–H groups in total. The van der Waals surface area contributed by atoms with Crippen molar-refractivity contribution in [1.29, 1.82) is 0 Å². The smallest absolute Gasteiger partial charge is 0.243 e. The lowest BCUT2D eigenvalue weighted by molar-refractivity contribution is -0.126. The predicted molar refractivity (Wildman–Crippen MR) is 124 cm³/mol. The van der Waals surface area contributed by atoms with E-state index >= 15 is 0 Å². The topological polar surface area (TPSA) is 101 Å². The lowest BCUT2D eigenvalue weighted by atomic mass is 9.97. The fourth-order valence-electron chi connectivity index (χ4n) is 3.79. The minimum absolute atomic E-state index is 0.111. The minimum atomic E-state index is -3.71. The van der Waals surface area contributed by atoms with Crippen molar-refractivity contribution < 1.29 is 21.6 Å². The molecule has 174 valence electrons. The number of piperidine rings is 1. The van der Waals surface area contributed by atoms with Crippen LogP contribution in [-0.2, 0) is 24.7 Å². The fraction of sp³-hybridized carbons (Fsp3) is 0.409. The van der Waals surface area contributed by atoms with Gasteiger partial charge in [0.25, 0.3) is 0 Å². The van der Waals surface area contributed by atoms with Crippen LogP contribution in [0.4, 0.5) is 0 Å². The third kappa shape index (κ3) is 5.70.